The molecule has 2 N–H and O–H groups in total. The number of nitrogens with one attached hydrogen (secondary N) is 2. The van der Waals surface area contributed by atoms with Crippen LogP contribution in [0.25, 0.3) is 0 Å². The fourth-order valence-electron chi connectivity index (χ4n) is 7.12. The molecule has 3 saturated heterocycles. The number of ether oxygens (including phenoxy) is 1. The Morgan fingerprint density at radius 3 is 2.59 bits per heavy atom. The Labute approximate surface area is 217 Å². The Hall–Kier alpha value is -2.98. The van der Waals surface area contributed by atoms with Gasteiger partial charge < -0.3 is 25.2 Å². The number of piperazine rings is 1. The van der Waals surface area contributed by atoms with Gasteiger partial charge in [0.25, 0.3) is 0 Å². The number of anilines is 4. The first-order valence-corrected chi connectivity index (χ1v) is 13.9. The van der Waals surface area contributed by atoms with E-state index >= 15 is 0 Å². The maximum absolute atomic E-state index is 12.7. The summed E-state index contributed by atoms with van der Waals surface area (Å²) < 4.78 is 5.51. The van der Waals surface area contributed by atoms with Crippen molar-refractivity contribution in [2.45, 2.75) is 62.6 Å². The number of rotatable bonds is 4. The lowest BCUT2D eigenvalue weighted by Gasteiger charge is -2.47. The summed E-state index contributed by atoms with van der Waals surface area (Å²) in [4.78, 5) is 34.2. The van der Waals surface area contributed by atoms with Gasteiger partial charge in [0.15, 0.2) is 0 Å². The van der Waals surface area contributed by atoms with Gasteiger partial charge in [-0.15, -0.1) is 0 Å². The lowest BCUT2D eigenvalue weighted by atomic mass is 9.90. The van der Waals surface area contributed by atoms with Crippen molar-refractivity contribution in [1.82, 2.24) is 25.2 Å². The van der Waals surface area contributed by atoms with Crippen LogP contribution in [0.2, 0.25) is 0 Å². The average Bonchev–Trinajstić information content (AvgIpc) is 3.58. The molecule has 10 heteroatoms. The molecule has 1 aliphatic carbocycles. The third-order valence-corrected chi connectivity index (χ3v) is 9.11. The van der Waals surface area contributed by atoms with Crippen molar-refractivity contribution in [3.8, 4) is 0 Å². The molecular formula is C27H36N8O2. The zero-order valence-corrected chi connectivity index (χ0v) is 21.4. The molecule has 10 nitrogen and oxygen atoms in total. The van der Waals surface area contributed by atoms with E-state index in [1.165, 1.54) is 25.7 Å². The van der Waals surface area contributed by atoms with Gasteiger partial charge in [-0.1, -0.05) is 12.8 Å². The smallest absolute Gasteiger partial charge is 0.243 e. The number of aromatic nitrogens is 3. The fraction of sp³-hybridized carbons (Fsp3) is 0.630. The number of amides is 1. The third kappa shape index (κ3) is 4.20. The largest absolute Gasteiger partial charge is 0.379 e. The second-order valence-electron chi connectivity index (χ2n) is 11.2. The first kappa shape index (κ1) is 23.2. The molecule has 5 aliphatic rings. The van der Waals surface area contributed by atoms with E-state index < -0.39 is 0 Å². The van der Waals surface area contributed by atoms with Crippen LogP contribution in [0.15, 0.2) is 24.5 Å². The number of carbonyl (C=O) groups is 1. The predicted molar refractivity (Wildman–Crippen MR) is 141 cm³/mol. The van der Waals surface area contributed by atoms with Crippen molar-refractivity contribution in [2.75, 3.05) is 61.1 Å². The molecule has 0 radical (unpaired) electrons. The fourth-order valence-corrected chi connectivity index (χ4v) is 7.12. The van der Waals surface area contributed by atoms with E-state index in [-0.39, 0.29) is 17.5 Å². The Balaban J connectivity index is 1.03. The average molecular weight is 505 g/mol. The first-order chi connectivity index (χ1) is 18.2. The predicted octanol–water partition coefficient (Wildman–Crippen LogP) is 2.09. The molecule has 2 aromatic rings. The molecule has 37 heavy (non-hydrogen) atoms. The lowest BCUT2D eigenvalue weighted by molar-refractivity contribution is -0.124. The number of fused-ring (bicyclic) bond motifs is 4. The van der Waals surface area contributed by atoms with Crippen molar-refractivity contribution in [1.29, 1.82) is 0 Å². The van der Waals surface area contributed by atoms with Gasteiger partial charge in [0.2, 0.25) is 11.9 Å². The van der Waals surface area contributed by atoms with Crippen LogP contribution >= 0.6 is 0 Å². The molecule has 1 saturated carbocycles. The van der Waals surface area contributed by atoms with Crippen LogP contribution in [0, 0.1) is 0 Å². The standard InChI is InChI=1S/C27H36N8O2/c36-25-22-15-19-16-29-26(32-24(19)35(22)27(18-30-25)7-1-2-8-27)31-23-4-3-21(17-28-23)33-9-5-20(6-10-33)34-11-13-37-14-12-34/h3-4,16-17,20,22H,1-2,5-15,18H2,(H,30,36)(H,28,29,31,32). The van der Waals surface area contributed by atoms with Gasteiger partial charge in [0, 0.05) is 56.9 Å². The summed E-state index contributed by atoms with van der Waals surface area (Å²) in [5.41, 5.74) is 2.21. The number of pyridine rings is 1. The van der Waals surface area contributed by atoms with Gasteiger partial charge >= 0.3 is 0 Å². The zero-order valence-electron chi connectivity index (χ0n) is 21.4. The van der Waals surface area contributed by atoms with Gasteiger partial charge in [0.05, 0.1) is 30.6 Å². The number of carbonyl (C=O) groups excluding carboxylic acids is 1. The van der Waals surface area contributed by atoms with E-state index in [2.05, 4.69) is 41.4 Å². The summed E-state index contributed by atoms with van der Waals surface area (Å²) in [6.45, 7) is 6.66. The molecule has 0 aromatic carbocycles. The minimum absolute atomic E-state index is 0.00935. The lowest BCUT2D eigenvalue weighted by Crippen LogP contribution is -2.66. The molecule has 196 valence electrons. The van der Waals surface area contributed by atoms with Gasteiger partial charge in [-0.05, 0) is 37.8 Å². The SMILES string of the molecule is O=C1NCC2(CCCC2)N2c3nc(Nc4ccc(N5CCC(N6CCOCC6)CC5)cn4)ncc3CC12. The molecule has 7 rings (SSSR count). The minimum atomic E-state index is -0.170. The summed E-state index contributed by atoms with van der Waals surface area (Å²) in [6.07, 6.45) is 11.5. The Morgan fingerprint density at radius 1 is 1.03 bits per heavy atom. The summed E-state index contributed by atoms with van der Waals surface area (Å²) in [6, 6.07) is 4.64. The van der Waals surface area contributed by atoms with Crippen LogP contribution in [0.4, 0.5) is 23.3 Å². The molecule has 1 atom stereocenters. The van der Waals surface area contributed by atoms with Crippen LogP contribution in [0.5, 0.6) is 0 Å². The Bertz CT molecular complexity index is 1140. The zero-order chi connectivity index (χ0) is 24.8. The van der Waals surface area contributed by atoms with Crippen LogP contribution in [0.1, 0.15) is 44.1 Å². The number of nitrogens with zero attached hydrogens (tertiary/aromatic N) is 6. The van der Waals surface area contributed by atoms with Crippen LogP contribution in [-0.2, 0) is 16.0 Å². The molecule has 1 unspecified atom stereocenters. The maximum atomic E-state index is 12.7. The van der Waals surface area contributed by atoms with Crippen molar-refractivity contribution < 1.29 is 9.53 Å². The van der Waals surface area contributed by atoms with Crippen molar-refractivity contribution >= 4 is 29.2 Å². The first-order valence-electron chi connectivity index (χ1n) is 13.9. The molecule has 4 fully saturated rings. The Morgan fingerprint density at radius 2 is 1.84 bits per heavy atom. The van der Waals surface area contributed by atoms with Crippen LogP contribution < -0.4 is 20.4 Å². The van der Waals surface area contributed by atoms with Gasteiger partial charge in [0.1, 0.15) is 17.7 Å². The van der Waals surface area contributed by atoms with Gasteiger partial charge in [-0.3, -0.25) is 9.69 Å². The van der Waals surface area contributed by atoms with Crippen molar-refractivity contribution in [3.63, 3.8) is 0 Å². The van der Waals surface area contributed by atoms with E-state index in [0.29, 0.717) is 25.0 Å². The van der Waals surface area contributed by atoms with E-state index in [0.717, 1.165) is 75.1 Å². The maximum Gasteiger partial charge on any atom is 0.243 e. The van der Waals surface area contributed by atoms with E-state index in [9.17, 15) is 4.79 Å². The highest BCUT2D eigenvalue weighted by molar-refractivity contribution is 5.90. The normalized spacial score (nSPS) is 25.7. The third-order valence-electron chi connectivity index (χ3n) is 9.11. The second-order valence-corrected chi connectivity index (χ2v) is 11.2. The van der Waals surface area contributed by atoms with Crippen molar-refractivity contribution in [2.24, 2.45) is 0 Å². The molecule has 6 heterocycles. The number of piperidine rings is 1. The minimum Gasteiger partial charge on any atom is -0.379 e. The van der Waals surface area contributed by atoms with E-state index in [1.807, 2.05) is 18.5 Å². The number of hydrogen-bond acceptors (Lipinski definition) is 9. The quantitative estimate of drug-likeness (QED) is 0.648. The topological polar surface area (TPSA) is 98.8 Å². The molecule has 1 spiro atoms. The summed E-state index contributed by atoms with van der Waals surface area (Å²) >= 11 is 0. The van der Waals surface area contributed by atoms with Gasteiger partial charge in [-0.2, -0.15) is 4.98 Å². The summed E-state index contributed by atoms with van der Waals surface area (Å²) in [5.74, 6) is 2.29. The Kier molecular flexibility index (Phi) is 5.88. The molecule has 4 aliphatic heterocycles. The molecular weight excluding hydrogens is 468 g/mol. The highest BCUT2D eigenvalue weighted by Gasteiger charge is 2.52. The van der Waals surface area contributed by atoms with E-state index in [1.54, 1.807) is 0 Å². The van der Waals surface area contributed by atoms with Crippen molar-refractivity contribution in [3.05, 3.63) is 30.1 Å². The highest BCUT2D eigenvalue weighted by Crippen LogP contribution is 2.45. The van der Waals surface area contributed by atoms with Crippen LogP contribution in [-0.4, -0.2) is 89.3 Å². The molecule has 0 bridgehead atoms. The van der Waals surface area contributed by atoms with E-state index in [4.69, 9.17) is 9.72 Å². The molecule has 2 aromatic heterocycles. The second kappa shape index (κ2) is 9.40. The van der Waals surface area contributed by atoms with Crippen LogP contribution in [0.3, 0.4) is 0 Å². The van der Waals surface area contributed by atoms with Gasteiger partial charge in [-0.25, -0.2) is 9.97 Å². The summed E-state index contributed by atoms with van der Waals surface area (Å²) in [5, 5.41) is 6.46. The number of hydrogen-bond donors (Lipinski definition) is 2. The molecule has 1 amide bonds. The monoisotopic (exact) mass is 504 g/mol. The summed E-state index contributed by atoms with van der Waals surface area (Å²) in [7, 11) is 0. The highest BCUT2D eigenvalue weighted by atomic mass is 16.5. The number of morpholine rings is 1.